The number of guanidine groups is 1. The number of esters is 1. The monoisotopic (exact) mass is 446 g/mol. The third-order valence-corrected chi connectivity index (χ3v) is 3.75. The van der Waals surface area contributed by atoms with E-state index in [2.05, 4.69) is 27.9 Å². The van der Waals surface area contributed by atoms with E-state index < -0.39 is 17.8 Å². The van der Waals surface area contributed by atoms with Gasteiger partial charge in [0.25, 0.3) is 11.8 Å². The first kappa shape index (κ1) is 17.9. The molecule has 9 heteroatoms. The van der Waals surface area contributed by atoms with Gasteiger partial charge in [0.15, 0.2) is 5.96 Å². The first-order chi connectivity index (χ1) is 11.4. The lowest BCUT2D eigenvalue weighted by atomic mass is 10.1. The number of amides is 2. The lowest BCUT2D eigenvalue weighted by Gasteiger charge is -2.14. The van der Waals surface area contributed by atoms with Crippen molar-refractivity contribution in [2.45, 2.75) is 6.54 Å². The van der Waals surface area contributed by atoms with E-state index in [0.29, 0.717) is 12.1 Å². The first-order valence-electron chi connectivity index (χ1n) is 6.95. The molecule has 126 valence electrons. The summed E-state index contributed by atoms with van der Waals surface area (Å²) in [6, 6.07) is 5.14. The van der Waals surface area contributed by atoms with Crippen molar-refractivity contribution in [3.63, 3.8) is 0 Å². The fourth-order valence-corrected chi connectivity index (χ4v) is 2.77. The molecule has 0 fully saturated rings. The summed E-state index contributed by atoms with van der Waals surface area (Å²) in [5, 5.41) is 9.81. The Bertz CT molecular complexity index is 714. The number of benzene rings is 1. The van der Waals surface area contributed by atoms with Crippen LogP contribution in [0.3, 0.4) is 0 Å². The fourth-order valence-electron chi connectivity index (χ4n) is 2.03. The van der Waals surface area contributed by atoms with Crippen molar-refractivity contribution >= 4 is 46.3 Å². The average molecular weight is 446 g/mol. The highest BCUT2D eigenvalue weighted by molar-refractivity contribution is 14.1. The van der Waals surface area contributed by atoms with Gasteiger partial charge in [-0.2, -0.15) is 0 Å². The molecule has 0 spiro atoms. The molecule has 0 aromatic heterocycles. The van der Waals surface area contributed by atoms with Gasteiger partial charge in [0.1, 0.15) is 6.61 Å². The van der Waals surface area contributed by atoms with Gasteiger partial charge in [-0.15, -0.1) is 0 Å². The van der Waals surface area contributed by atoms with Gasteiger partial charge in [-0.3, -0.25) is 19.9 Å². The number of nitrogens with zero attached hydrogens (tertiary/aromatic N) is 1. The summed E-state index contributed by atoms with van der Waals surface area (Å²) in [5.41, 5.74) is 6.36. The third kappa shape index (κ3) is 4.78. The van der Waals surface area contributed by atoms with Crippen LogP contribution in [-0.2, 0) is 20.9 Å². The summed E-state index contributed by atoms with van der Waals surface area (Å²) >= 11 is 2.07. The number of carbonyl (C=O) groups is 3. The average Bonchev–Trinajstić information content (AvgIpc) is 2.84. The van der Waals surface area contributed by atoms with Gasteiger partial charge < -0.3 is 15.8 Å². The molecule has 1 heterocycles. The van der Waals surface area contributed by atoms with Crippen molar-refractivity contribution < 1.29 is 19.1 Å². The van der Waals surface area contributed by atoms with Crippen LogP contribution in [0.2, 0.25) is 0 Å². The molecule has 4 N–H and O–H groups in total. The van der Waals surface area contributed by atoms with E-state index >= 15 is 0 Å². The Balaban J connectivity index is 1.93. The quantitative estimate of drug-likeness (QED) is 0.191. The zero-order valence-electron chi connectivity index (χ0n) is 12.5. The number of nitrogens with two attached hydrogens (primary N) is 1. The molecule has 0 saturated carbocycles. The maximum atomic E-state index is 12.1. The van der Waals surface area contributed by atoms with Crippen LogP contribution in [0, 0.1) is 8.98 Å². The van der Waals surface area contributed by atoms with E-state index in [9.17, 15) is 14.4 Å². The molecule has 1 aromatic carbocycles. The van der Waals surface area contributed by atoms with E-state index in [1.165, 1.54) is 12.2 Å². The number of hydrogen-bond donors (Lipinski definition) is 3. The van der Waals surface area contributed by atoms with E-state index in [-0.39, 0.29) is 19.1 Å². The summed E-state index contributed by atoms with van der Waals surface area (Å²) < 4.78 is 5.95. The van der Waals surface area contributed by atoms with Gasteiger partial charge in [-0.1, -0.05) is 0 Å². The highest BCUT2D eigenvalue weighted by Gasteiger charge is 2.23. The summed E-state index contributed by atoms with van der Waals surface area (Å²) in [6.07, 6.45) is 2.36. The predicted octanol–water partition coefficient (Wildman–Crippen LogP) is 0.356. The molecule has 1 aliphatic rings. The van der Waals surface area contributed by atoms with Crippen molar-refractivity contribution in [2.24, 2.45) is 5.73 Å². The van der Waals surface area contributed by atoms with Gasteiger partial charge in [0.2, 0.25) is 0 Å². The molecular weight excluding hydrogens is 431 g/mol. The van der Waals surface area contributed by atoms with Crippen LogP contribution < -0.4 is 11.1 Å². The Hall–Kier alpha value is -2.43. The normalized spacial score (nSPS) is 13.3. The maximum absolute atomic E-state index is 12.1. The molecule has 1 aromatic rings. The Morgan fingerprint density at radius 3 is 2.54 bits per heavy atom. The van der Waals surface area contributed by atoms with Crippen molar-refractivity contribution in [3.8, 4) is 0 Å². The number of hydrogen-bond acceptors (Lipinski definition) is 5. The fraction of sp³-hybridized carbons (Fsp3) is 0.200. The SMILES string of the molecule is N=C(N)NCc1cc([131I])cc(C(=O)OCCN2C(=O)C=CC2=O)c1. The molecule has 0 bridgehead atoms. The van der Waals surface area contributed by atoms with Gasteiger partial charge >= 0.3 is 5.97 Å². The second-order valence-corrected chi connectivity index (χ2v) is 6.16. The summed E-state index contributed by atoms with van der Waals surface area (Å²) in [7, 11) is 0. The minimum Gasteiger partial charge on any atom is -0.460 e. The molecule has 1 aliphatic heterocycles. The van der Waals surface area contributed by atoms with Crippen LogP contribution in [0.15, 0.2) is 30.4 Å². The van der Waals surface area contributed by atoms with E-state index in [1.54, 1.807) is 12.1 Å². The Labute approximate surface area is 151 Å². The summed E-state index contributed by atoms with van der Waals surface area (Å²) in [4.78, 5) is 35.9. The Kier molecular flexibility index (Phi) is 5.90. The molecule has 0 atom stereocenters. The van der Waals surface area contributed by atoms with Crippen LogP contribution in [0.1, 0.15) is 15.9 Å². The molecule has 2 rings (SSSR count). The van der Waals surface area contributed by atoms with Crippen molar-refractivity contribution in [2.75, 3.05) is 13.2 Å². The van der Waals surface area contributed by atoms with Gasteiger partial charge in [0.05, 0.1) is 12.1 Å². The minimum atomic E-state index is -0.551. The number of halogens is 1. The molecule has 2 amide bonds. The molecule has 24 heavy (non-hydrogen) atoms. The van der Waals surface area contributed by atoms with Crippen molar-refractivity contribution in [1.29, 1.82) is 5.41 Å². The van der Waals surface area contributed by atoms with Crippen molar-refractivity contribution in [1.82, 2.24) is 10.2 Å². The molecule has 8 nitrogen and oxygen atoms in total. The molecule has 0 radical (unpaired) electrons. The second kappa shape index (κ2) is 7.90. The van der Waals surface area contributed by atoms with E-state index in [4.69, 9.17) is 15.9 Å². The third-order valence-electron chi connectivity index (χ3n) is 3.12. The lowest BCUT2D eigenvalue weighted by molar-refractivity contribution is -0.137. The number of carbonyl (C=O) groups excluding carboxylic acids is 3. The molecular formula is C15H15IN4O4. The second-order valence-electron chi connectivity index (χ2n) is 4.91. The van der Waals surface area contributed by atoms with Gasteiger partial charge in [-0.25, -0.2) is 4.79 Å². The van der Waals surface area contributed by atoms with Crippen LogP contribution in [-0.4, -0.2) is 41.8 Å². The topological polar surface area (TPSA) is 126 Å². The predicted molar refractivity (Wildman–Crippen MR) is 94.1 cm³/mol. The zero-order chi connectivity index (χ0) is 17.7. The Morgan fingerprint density at radius 1 is 1.25 bits per heavy atom. The molecule has 0 aliphatic carbocycles. The minimum absolute atomic E-state index is 0.0130. The largest absolute Gasteiger partial charge is 0.460 e. The lowest BCUT2D eigenvalue weighted by Crippen LogP contribution is -2.33. The molecule has 0 saturated heterocycles. The standard InChI is InChI=1S/C15H15IN4O4/c16-11-6-9(8-19-15(17)18)5-10(7-11)14(23)24-4-3-20-12(21)1-2-13(20)22/h1-2,5-7H,3-4,8H2,(H4,17,18,19)/i16+4. The van der Waals surface area contributed by atoms with E-state index in [0.717, 1.165) is 14.0 Å². The number of ether oxygens (including phenoxy) is 1. The molecule has 0 unspecified atom stereocenters. The van der Waals surface area contributed by atoms with E-state index in [1.807, 2.05) is 6.07 Å². The highest BCUT2D eigenvalue weighted by Crippen LogP contribution is 2.14. The Morgan fingerprint density at radius 2 is 1.92 bits per heavy atom. The first-order valence-corrected chi connectivity index (χ1v) is 8.02. The summed E-state index contributed by atoms with van der Waals surface area (Å²) in [5.74, 6) is -1.54. The summed E-state index contributed by atoms with van der Waals surface area (Å²) in [6.45, 7) is 0.248. The van der Waals surface area contributed by atoms with Crippen LogP contribution in [0.5, 0.6) is 0 Å². The van der Waals surface area contributed by atoms with Crippen LogP contribution >= 0.6 is 22.6 Å². The van der Waals surface area contributed by atoms with Gasteiger partial charge in [-0.05, 0) is 46.4 Å². The maximum Gasteiger partial charge on any atom is 0.338 e. The highest BCUT2D eigenvalue weighted by atomic mass is 131. The smallest absolute Gasteiger partial charge is 0.338 e. The number of rotatable bonds is 6. The van der Waals surface area contributed by atoms with Crippen LogP contribution in [0.4, 0.5) is 0 Å². The number of imide groups is 1. The zero-order valence-corrected chi connectivity index (χ0v) is 14.7. The van der Waals surface area contributed by atoms with Crippen molar-refractivity contribution in [3.05, 3.63) is 45.0 Å². The van der Waals surface area contributed by atoms with Gasteiger partial charge in [0, 0.05) is 22.3 Å². The number of nitrogens with one attached hydrogen (secondary N) is 2. The van der Waals surface area contributed by atoms with Crippen LogP contribution in [0.25, 0.3) is 0 Å².